The maximum Gasteiger partial charge on any atom is 0.236 e. The minimum Gasteiger partial charge on any atom is -0.378 e. The first-order valence-electron chi connectivity index (χ1n) is 7.61. The van der Waals surface area contributed by atoms with E-state index in [1.54, 1.807) is 21.9 Å². The van der Waals surface area contributed by atoms with E-state index in [0.717, 1.165) is 0 Å². The van der Waals surface area contributed by atoms with Gasteiger partial charge in [-0.2, -0.15) is 0 Å². The lowest BCUT2D eigenvalue weighted by Gasteiger charge is -2.27. The van der Waals surface area contributed by atoms with Crippen LogP contribution in [0.2, 0.25) is 0 Å². The summed E-state index contributed by atoms with van der Waals surface area (Å²) in [5.74, 6) is 0.131. The summed E-state index contributed by atoms with van der Waals surface area (Å²) in [5.41, 5.74) is 0.666. The van der Waals surface area contributed by atoms with E-state index >= 15 is 0 Å². The van der Waals surface area contributed by atoms with Gasteiger partial charge in [0.1, 0.15) is 5.82 Å². The molecule has 2 amide bonds. The van der Waals surface area contributed by atoms with Crippen molar-refractivity contribution in [3.8, 4) is 0 Å². The van der Waals surface area contributed by atoms with Crippen LogP contribution in [-0.2, 0) is 14.3 Å². The second kappa shape index (κ2) is 8.88. The highest BCUT2D eigenvalue weighted by Crippen LogP contribution is 2.16. The van der Waals surface area contributed by atoms with Crippen LogP contribution in [0.4, 0.5) is 10.1 Å². The van der Waals surface area contributed by atoms with Gasteiger partial charge in [-0.3, -0.25) is 9.59 Å². The Kier molecular flexibility index (Phi) is 6.85. The van der Waals surface area contributed by atoms with Crippen LogP contribution in [0.5, 0.6) is 0 Å². The molecule has 0 atom stereocenters. The summed E-state index contributed by atoms with van der Waals surface area (Å²) in [6.07, 6.45) is 0. The quantitative estimate of drug-likeness (QED) is 0.792. The molecule has 7 heteroatoms. The molecule has 1 aliphatic heterocycles. The smallest absolute Gasteiger partial charge is 0.236 e. The van der Waals surface area contributed by atoms with Crippen LogP contribution in [0.15, 0.2) is 24.3 Å². The number of hydrogen-bond acceptors (Lipinski definition) is 4. The third-order valence-corrected chi connectivity index (χ3v) is 4.47. The van der Waals surface area contributed by atoms with E-state index in [4.69, 9.17) is 4.74 Å². The third kappa shape index (κ3) is 5.21. The van der Waals surface area contributed by atoms with Crippen LogP contribution < -0.4 is 4.90 Å². The molecule has 1 aromatic carbocycles. The van der Waals surface area contributed by atoms with Gasteiger partial charge in [-0.25, -0.2) is 4.39 Å². The Morgan fingerprint density at radius 3 is 2.48 bits per heavy atom. The van der Waals surface area contributed by atoms with Crippen molar-refractivity contribution < 1.29 is 18.7 Å². The minimum atomic E-state index is -0.331. The van der Waals surface area contributed by atoms with Crippen LogP contribution in [-0.4, -0.2) is 61.1 Å². The zero-order valence-corrected chi connectivity index (χ0v) is 14.0. The fraction of sp³-hybridized carbons (Fsp3) is 0.500. The van der Waals surface area contributed by atoms with Crippen molar-refractivity contribution >= 4 is 29.3 Å². The summed E-state index contributed by atoms with van der Waals surface area (Å²) >= 11 is 1.31. The Bertz CT molecular complexity index is 533. The summed E-state index contributed by atoms with van der Waals surface area (Å²) < 4.78 is 18.2. The Hall–Kier alpha value is -1.60. The van der Waals surface area contributed by atoms with Gasteiger partial charge in [0.25, 0.3) is 0 Å². The molecular formula is C16H21FN2O3S. The summed E-state index contributed by atoms with van der Waals surface area (Å²) in [5, 5.41) is 0. The van der Waals surface area contributed by atoms with Crippen LogP contribution in [0.1, 0.15) is 6.92 Å². The van der Waals surface area contributed by atoms with Gasteiger partial charge in [0.05, 0.1) is 24.7 Å². The standard InChI is InChI=1S/C16H21FN2O3S/c1-2-19(14-5-3-13(17)4-6-14)16(21)12-23-11-15(20)18-7-9-22-10-8-18/h3-6H,2,7-12H2,1H3. The van der Waals surface area contributed by atoms with Crippen LogP contribution in [0, 0.1) is 5.82 Å². The number of amides is 2. The van der Waals surface area contributed by atoms with Gasteiger partial charge in [-0.15, -0.1) is 11.8 Å². The Morgan fingerprint density at radius 2 is 1.87 bits per heavy atom. The highest BCUT2D eigenvalue weighted by Gasteiger charge is 2.18. The Balaban J connectivity index is 1.80. The van der Waals surface area contributed by atoms with Gasteiger partial charge in [-0.05, 0) is 31.2 Å². The third-order valence-electron chi connectivity index (χ3n) is 3.57. The number of thioether (sulfide) groups is 1. The number of carbonyl (C=O) groups excluding carboxylic acids is 2. The summed E-state index contributed by atoms with van der Waals surface area (Å²) in [4.78, 5) is 27.6. The lowest BCUT2D eigenvalue weighted by molar-refractivity contribution is -0.132. The number of nitrogens with zero attached hydrogens (tertiary/aromatic N) is 2. The lowest BCUT2D eigenvalue weighted by atomic mass is 10.3. The number of carbonyl (C=O) groups is 2. The van der Waals surface area contributed by atoms with Gasteiger partial charge in [0, 0.05) is 25.3 Å². The topological polar surface area (TPSA) is 49.9 Å². The number of morpholine rings is 1. The number of rotatable bonds is 6. The maximum atomic E-state index is 13.0. The lowest BCUT2D eigenvalue weighted by Crippen LogP contribution is -2.41. The molecule has 0 aromatic heterocycles. The molecule has 1 heterocycles. The SMILES string of the molecule is CCN(C(=O)CSCC(=O)N1CCOCC1)c1ccc(F)cc1. The molecule has 126 valence electrons. The van der Waals surface area contributed by atoms with Crippen molar-refractivity contribution in [1.82, 2.24) is 4.90 Å². The van der Waals surface area contributed by atoms with E-state index in [2.05, 4.69) is 0 Å². The second-order valence-electron chi connectivity index (χ2n) is 5.10. The van der Waals surface area contributed by atoms with Crippen molar-refractivity contribution in [2.24, 2.45) is 0 Å². The number of hydrogen-bond donors (Lipinski definition) is 0. The van der Waals surface area contributed by atoms with Gasteiger partial charge >= 0.3 is 0 Å². The zero-order chi connectivity index (χ0) is 16.7. The second-order valence-corrected chi connectivity index (χ2v) is 6.09. The highest BCUT2D eigenvalue weighted by atomic mass is 32.2. The molecule has 1 fully saturated rings. The molecule has 23 heavy (non-hydrogen) atoms. The number of halogens is 1. The molecule has 5 nitrogen and oxygen atoms in total. The molecule has 2 rings (SSSR count). The van der Waals surface area contributed by atoms with E-state index in [1.807, 2.05) is 6.92 Å². The minimum absolute atomic E-state index is 0.0379. The molecule has 1 aromatic rings. The molecular weight excluding hydrogens is 319 g/mol. The van der Waals surface area contributed by atoms with Gasteiger partial charge < -0.3 is 14.5 Å². The first-order valence-corrected chi connectivity index (χ1v) is 8.76. The Morgan fingerprint density at radius 1 is 1.22 bits per heavy atom. The van der Waals surface area contributed by atoms with Crippen LogP contribution in [0.25, 0.3) is 0 Å². The highest BCUT2D eigenvalue weighted by molar-refractivity contribution is 8.00. The molecule has 0 bridgehead atoms. The summed E-state index contributed by atoms with van der Waals surface area (Å²) in [7, 11) is 0. The largest absolute Gasteiger partial charge is 0.378 e. The van der Waals surface area contributed by atoms with Crippen molar-refractivity contribution in [2.45, 2.75) is 6.92 Å². The molecule has 1 aliphatic rings. The first-order chi connectivity index (χ1) is 11.1. The molecule has 0 unspecified atom stereocenters. The maximum absolute atomic E-state index is 13.0. The molecule has 0 saturated carbocycles. The summed E-state index contributed by atoms with van der Waals surface area (Å²) in [6, 6.07) is 5.83. The number of benzene rings is 1. The molecule has 0 aliphatic carbocycles. The molecule has 0 N–H and O–H groups in total. The van der Waals surface area contributed by atoms with E-state index in [1.165, 1.54) is 23.9 Å². The zero-order valence-electron chi connectivity index (χ0n) is 13.2. The van der Waals surface area contributed by atoms with Crippen LogP contribution in [0.3, 0.4) is 0 Å². The predicted molar refractivity (Wildman–Crippen MR) is 89.2 cm³/mol. The monoisotopic (exact) mass is 340 g/mol. The predicted octanol–water partition coefficient (Wildman–Crippen LogP) is 1.77. The number of ether oxygens (including phenoxy) is 1. The molecule has 0 spiro atoms. The fourth-order valence-electron chi connectivity index (χ4n) is 2.33. The van der Waals surface area contributed by atoms with E-state index < -0.39 is 0 Å². The average Bonchev–Trinajstić information content (AvgIpc) is 2.58. The van der Waals surface area contributed by atoms with Gasteiger partial charge in [0.2, 0.25) is 11.8 Å². The van der Waals surface area contributed by atoms with Gasteiger partial charge in [-0.1, -0.05) is 0 Å². The van der Waals surface area contributed by atoms with Crippen molar-refractivity contribution in [1.29, 1.82) is 0 Å². The van der Waals surface area contributed by atoms with Crippen molar-refractivity contribution in [2.75, 3.05) is 49.3 Å². The fourth-order valence-corrected chi connectivity index (χ4v) is 3.12. The van der Waals surface area contributed by atoms with Gasteiger partial charge in [0.15, 0.2) is 0 Å². The molecule has 1 saturated heterocycles. The summed E-state index contributed by atoms with van der Waals surface area (Å²) in [6.45, 7) is 4.74. The van der Waals surface area contributed by atoms with Crippen LogP contribution >= 0.6 is 11.8 Å². The van der Waals surface area contributed by atoms with E-state index in [9.17, 15) is 14.0 Å². The normalized spacial score (nSPS) is 14.6. The number of anilines is 1. The van der Waals surface area contributed by atoms with E-state index in [0.29, 0.717) is 38.5 Å². The Labute approximate surface area is 139 Å². The average molecular weight is 340 g/mol. The van der Waals surface area contributed by atoms with Crippen molar-refractivity contribution in [3.63, 3.8) is 0 Å². The first kappa shape index (κ1) is 17.7. The molecule has 0 radical (unpaired) electrons. The van der Waals surface area contributed by atoms with E-state index in [-0.39, 0.29) is 29.1 Å². The van der Waals surface area contributed by atoms with Crippen molar-refractivity contribution in [3.05, 3.63) is 30.1 Å².